The Morgan fingerprint density at radius 1 is 1.31 bits per heavy atom. The monoisotopic (exact) mass is 218 g/mol. The van der Waals surface area contributed by atoms with Gasteiger partial charge in [0.05, 0.1) is 12.7 Å². The van der Waals surface area contributed by atoms with Gasteiger partial charge in [-0.05, 0) is 31.0 Å². The second-order valence-corrected chi connectivity index (χ2v) is 3.68. The molecule has 1 aromatic carbocycles. The Bertz CT molecular complexity index is 498. The van der Waals surface area contributed by atoms with Gasteiger partial charge in [0.2, 0.25) is 0 Å². The lowest BCUT2D eigenvalue weighted by molar-refractivity contribution is 0.401. The van der Waals surface area contributed by atoms with Crippen LogP contribution >= 0.6 is 0 Å². The summed E-state index contributed by atoms with van der Waals surface area (Å²) in [5, 5.41) is 3.73. The van der Waals surface area contributed by atoms with E-state index in [9.17, 15) is 0 Å². The summed E-state index contributed by atoms with van der Waals surface area (Å²) in [5.74, 6) is 1.95. The van der Waals surface area contributed by atoms with Crippen LogP contribution in [0.25, 0.3) is 11.1 Å². The van der Waals surface area contributed by atoms with Crippen molar-refractivity contribution >= 4 is 5.82 Å². The van der Waals surface area contributed by atoms with Gasteiger partial charge in [-0.2, -0.15) is 0 Å². The first-order valence-corrected chi connectivity index (χ1v) is 5.00. The number of nitrogen functional groups attached to an aromatic ring is 1. The van der Waals surface area contributed by atoms with E-state index in [1.165, 1.54) is 0 Å². The average Bonchev–Trinajstić information content (AvgIpc) is 2.60. The van der Waals surface area contributed by atoms with Gasteiger partial charge in [-0.3, -0.25) is 0 Å². The summed E-state index contributed by atoms with van der Waals surface area (Å²) in [6.45, 7) is 3.83. The van der Waals surface area contributed by atoms with Crippen LogP contribution in [0.15, 0.2) is 22.7 Å². The van der Waals surface area contributed by atoms with Gasteiger partial charge >= 0.3 is 0 Å². The number of methoxy groups -OCH3 is 1. The summed E-state index contributed by atoms with van der Waals surface area (Å²) in [6.07, 6.45) is 0. The first kappa shape index (κ1) is 10.5. The number of ether oxygens (including phenoxy) is 1. The number of nitrogens with zero attached hydrogens (tertiary/aromatic N) is 1. The second kappa shape index (κ2) is 3.89. The van der Waals surface area contributed by atoms with Crippen LogP contribution in [-0.2, 0) is 0 Å². The molecule has 2 rings (SSSR count). The summed E-state index contributed by atoms with van der Waals surface area (Å²) in [6, 6.07) is 5.90. The zero-order chi connectivity index (χ0) is 11.7. The zero-order valence-electron chi connectivity index (χ0n) is 9.57. The maximum atomic E-state index is 5.76. The summed E-state index contributed by atoms with van der Waals surface area (Å²) in [7, 11) is 1.65. The van der Waals surface area contributed by atoms with Gasteiger partial charge in [-0.15, -0.1) is 0 Å². The van der Waals surface area contributed by atoms with Crippen molar-refractivity contribution in [1.29, 1.82) is 0 Å². The summed E-state index contributed by atoms with van der Waals surface area (Å²) >= 11 is 0. The predicted octanol–water partition coefficient (Wildman–Crippen LogP) is 2.55. The Morgan fingerprint density at radius 3 is 2.62 bits per heavy atom. The van der Waals surface area contributed by atoms with Crippen molar-refractivity contribution in [3.63, 3.8) is 0 Å². The van der Waals surface area contributed by atoms with E-state index in [1.807, 2.05) is 32.0 Å². The number of hydrogen-bond acceptors (Lipinski definition) is 4. The Balaban J connectivity index is 2.57. The minimum Gasteiger partial charge on any atom is -0.496 e. The Labute approximate surface area is 94.0 Å². The number of benzene rings is 1. The van der Waals surface area contributed by atoms with Crippen molar-refractivity contribution in [3.05, 3.63) is 29.5 Å². The van der Waals surface area contributed by atoms with Crippen LogP contribution in [0, 0.1) is 13.8 Å². The number of anilines is 1. The molecule has 4 nitrogen and oxygen atoms in total. The third kappa shape index (κ3) is 1.62. The highest BCUT2D eigenvalue weighted by molar-refractivity contribution is 5.76. The molecule has 1 heterocycles. The quantitative estimate of drug-likeness (QED) is 0.841. The fraction of sp³-hybridized carbons (Fsp3) is 0.250. The van der Waals surface area contributed by atoms with Gasteiger partial charge in [0, 0.05) is 0 Å². The molecule has 0 saturated heterocycles. The summed E-state index contributed by atoms with van der Waals surface area (Å²) in [4.78, 5) is 0. The molecular weight excluding hydrogens is 204 g/mol. The second-order valence-electron chi connectivity index (χ2n) is 3.68. The van der Waals surface area contributed by atoms with E-state index in [1.54, 1.807) is 7.11 Å². The van der Waals surface area contributed by atoms with Crippen molar-refractivity contribution in [2.24, 2.45) is 0 Å². The number of aryl methyl sites for hydroxylation is 2. The maximum absolute atomic E-state index is 5.76. The molecule has 0 aliphatic heterocycles. The van der Waals surface area contributed by atoms with E-state index >= 15 is 0 Å². The number of aromatic nitrogens is 1. The van der Waals surface area contributed by atoms with E-state index in [2.05, 4.69) is 5.16 Å². The molecule has 0 bridgehead atoms. The highest BCUT2D eigenvalue weighted by Crippen LogP contribution is 2.32. The summed E-state index contributed by atoms with van der Waals surface area (Å²) < 4.78 is 10.3. The van der Waals surface area contributed by atoms with Crippen LogP contribution in [0.4, 0.5) is 5.82 Å². The van der Waals surface area contributed by atoms with Crippen LogP contribution in [0.2, 0.25) is 0 Å². The van der Waals surface area contributed by atoms with Gasteiger partial charge < -0.3 is 15.0 Å². The molecule has 2 N–H and O–H groups in total. The lowest BCUT2D eigenvalue weighted by atomic mass is 10.0. The largest absolute Gasteiger partial charge is 0.496 e. The molecule has 4 heteroatoms. The smallest absolute Gasteiger partial charge is 0.175 e. The van der Waals surface area contributed by atoms with Crippen LogP contribution in [0.1, 0.15) is 11.3 Å². The normalized spacial score (nSPS) is 10.4. The first-order chi connectivity index (χ1) is 7.63. The van der Waals surface area contributed by atoms with Crippen molar-refractivity contribution in [1.82, 2.24) is 5.16 Å². The Kier molecular flexibility index (Phi) is 2.56. The number of hydrogen-bond donors (Lipinski definition) is 1. The molecule has 0 aliphatic carbocycles. The van der Waals surface area contributed by atoms with Crippen molar-refractivity contribution in [3.8, 4) is 16.9 Å². The van der Waals surface area contributed by atoms with E-state index in [0.717, 1.165) is 22.4 Å². The van der Waals surface area contributed by atoms with E-state index in [4.69, 9.17) is 15.0 Å². The number of nitrogens with two attached hydrogens (primary N) is 1. The fourth-order valence-electron chi connectivity index (χ4n) is 1.72. The standard InChI is InChI=1S/C12H14N2O2/c1-7-4-5-9(6-10(7)15-3)11-8(2)16-14-12(11)13/h4-6H,1-3H3,(H2,13,14). The van der Waals surface area contributed by atoms with Crippen molar-refractivity contribution < 1.29 is 9.26 Å². The van der Waals surface area contributed by atoms with Crippen molar-refractivity contribution in [2.45, 2.75) is 13.8 Å². The molecule has 0 fully saturated rings. The lowest BCUT2D eigenvalue weighted by Crippen LogP contribution is -1.91. The lowest BCUT2D eigenvalue weighted by Gasteiger charge is -2.07. The van der Waals surface area contributed by atoms with Gasteiger partial charge in [0.25, 0.3) is 0 Å². The molecule has 16 heavy (non-hydrogen) atoms. The minimum absolute atomic E-state index is 0.406. The van der Waals surface area contributed by atoms with Gasteiger partial charge in [0.15, 0.2) is 5.82 Å². The van der Waals surface area contributed by atoms with Crippen LogP contribution in [0.5, 0.6) is 5.75 Å². The third-order valence-corrected chi connectivity index (χ3v) is 2.59. The molecular formula is C12H14N2O2. The van der Waals surface area contributed by atoms with Crippen LogP contribution in [-0.4, -0.2) is 12.3 Å². The van der Waals surface area contributed by atoms with Gasteiger partial charge in [0.1, 0.15) is 11.5 Å². The van der Waals surface area contributed by atoms with Crippen LogP contribution < -0.4 is 10.5 Å². The zero-order valence-corrected chi connectivity index (χ0v) is 9.57. The highest BCUT2D eigenvalue weighted by atomic mass is 16.5. The van der Waals surface area contributed by atoms with E-state index in [-0.39, 0.29) is 0 Å². The molecule has 0 unspecified atom stereocenters. The SMILES string of the molecule is COc1cc(-c2c(N)noc2C)ccc1C. The Morgan fingerprint density at radius 2 is 2.06 bits per heavy atom. The molecule has 0 atom stereocenters. The highest BCUT2D eigenvalue weighted by Gasteiger charge is 2.13. The summed E-state index contributed by atoms with van der Waals surface area (Å²) in [5.41, 5.74) is 8.63. The average molecular weight is 218 g/mol. The van der Waals surface area contributed by atoms with Gasteiger partial charge in [-0.25, -0.2) is 0 Å². The first-order valence-electron chi connectivity index (χ1n) is 5.00. The molecule has 0 radical (unpaired) electrons. The molecule has 2 aromatic rings. The third-order valence-electron chi connectivity index (χ3n) is 2.59. The Hall–Kier alpha value is -1.97. The van der Waals surface area contributed by atoms with E-state index < -0.39 is 0 Å². The number of rotatable bonds is 2. The fourth-order valence-corrected chi connectivity index (χ4v) is 1.72. The van der Waals surface area contributed by atoms with Crippen LogP contribution in [0.3, 0.4) is 0 Å². The maximum Gasteiger partial charge on any atom is 0.175 e. The molecule has 1 aromatic heterocycles. The topological polar surface area (TPSA) is 61.3 Å². The molecule has 0 amide bonds. The molecule has 84 valence electrons. The molecule has 0 spiro atoms. The molecule has 0 aliphatic rings. The van der Waals surface area contributed by atoms with E-state index in [0.29, 0.717) is 11.6 Å². The predicted molar refractivity (Wildman–Crippen MR) is 62.4 cm³/mol. The van der Waals surface area contributed by atoms with Gasteiger partial charge in [-0.1, -0.05) is 17.3 Å². The molecule has 0 saturated carbocycles. The minimum atomic E-state index is 0.406. The van der Waals surface area contributed by atoms with Crippen molar-refractivity contribution in [2.75, 3.05) is 12.8 Å².